The molecule has 0 fully saturated rings. The lowest BCUT2D eigenvalue weighted by molar-refractivity contribution is -0.137. The van der Waals surface area contributed by atoms with E-state index in [0.29, 0.717) is 49.4 Å². The zero-order chi connectivity index (χ0) is 26.8. The molecule has 0 aliphatic heterocycles. The molecule has 1 atom stereocenters. The predicted molar refractivity (Wildman–Crippen MR) is 147 cm³/mol. The van der Waals surface area contributed by atoms with E-state index < -0.39 is 17.7 Å². The van der Waals surface area contributed by atoms with Gasteiger partial charge in [-0.2, -0.15) is 13.2 Å². The van der Waals surface area contributed by atoms with Gasteiger partial charge in [-0.25, -0.2) is 4.79 Å². The van der Waals surface area contributed by atoms with Crippen LogP contribution in [0.4, 0.5) is 13.2 Å². The predicted octanol–water partition coefficient (Wildman–Crippen LogP) is 8.04. The number of alkyl halides is 3. The monoisotopic (exact) mass is 569 g/mol. The second kappa shape index (κ2) is 15.0. The maximum Gasteiger partial charge on any atom is 0.417 e. The van der Waals surface area contributed by atoms with Crippen molar-refractivity contribution in [3.05, 3.63) is 106 Å². The Morgan fingerprint density at radius 3 is 2.58 bits per heavy atom. The van der Waals surface area contributed by atoms with Gasteiger partial charge in [0.25, 0.3) is 0 Å². The second-order valence-corrected chi connectivity index (χ2v) is 9.33. The normalized spacial score (nSPS) is 15.2. The molecule has 1 aliphatic carbocycles. The lowest BCUT2D eigenvalue weighted by atomic mass is 9.95. The highest BCUT2D eigenvalue weighted by molar-refractivity contribution is 6.32. The van der Waals surface area contributed by atoms with Crippen LogP contribution in [0.15, 0.2) is 84.2 Å². The maximum absolute atomic E-state index is 13.4. The van der Waals surface area contributed by atoms with Crippen molar-refractivity contribution in [2.45, 2.75) is 44.8 Å². The van der Waals surface area contributed by atoms with Crippen molar-refractivity contribution >= 4 is 30.0 Å². The third kappa shape index (κ3) is 9.53. The van der Waals surface area contributed by atoms with Crippen LogP contribution in [0.2, 0.25) is 5.02 Å². The standard InChI is InChI=1S/C29H31ClF3NO3.ClH/c1-2-22(23-10-4-3-5-11-23)19-34(20-24-12-7-14-26(28(24)30)29(31,32)33)15-8-16-37-25-13-6-9-21(17-25)18-27(35)36;/h3-7,9-14,18,22H,2,8,15-17,19-20H2,1H3,(H,35,36);1H. The SMILES string of the molecule is CCC(CN(CCCOC1=CC=CC(=CC(=O)O)C1)Cc1cccc(C(F)(F)F)c1Cl)c1ccccc1.Cl. The summed E-state index contributed by atoms with van der Waals surface area (Å²) in [5.41, 5.74) is 1.44. The van der Waals surface area contributed by atoms with Crippen molar-refractivity contribution in [1.82, 2.24) is 4.90 Å². The van der Waals surface area contributed by atoms with E-state index in [2.05, 4.69) is 24.0 Å². The number of halogens is 5. The largest absolute Gasteiger partial charge is 0.498 e. The van der Waals surface area contributed by atoms with Gasteiger partial charge < -0.3 is 9.84 Å². The van der Waals surface area contributed by atoms with Crippen LogP contribution in [-0.4, -0.2) is 35.7 Å². The molecule has 0 heterocycles. The highest BCUT2D eigenvalue weighted by atomic mass is 35.5. The molecule has 0 amide bonds. The summed E-state index contributed by atoms with van der Waals surface area (Å²) in [5.74, 6) is -0.117. The lowest BCUT2D eigenvalue weighted by Crippen LogP contribution is -2.30. The summed E-state index contributed by atoms with van der Waals surface area (Å²) in [7, 11) is 0. The molecule has 1 aliphatic rings. The summed E-state index contributed by atoms with van der Waals surface area (Å²) < 4.78 is 46.1. The van der Waals surface area contributed by atoms with E-state index in [1.807, 2.05) is 24.3 Å². The highest BCUT2D eigenvalue weighted by Crippen LogP contribution is 2.36. The number of carboxylic acid groups (broad SMARTS) is 1. The van der Waals surface area contributed by atoms with E-state index in [-0.39, 0.29) is 29.9 Å². The molecule has 206 valence electrons. The number of allylic oxidation sites excluding steroid dienone is 4. The third-order valence-electron chi connectivity index (χ3n) is 6.21. The zero-order valence-corrected chi connectivity index (χ0v) is 22.7. The number of carbonyl (C=O) groups is 1. The summed E-state index contributed by atoms with van der Waals surface area (Å²) in [5, 5.41) is 8.69. The molecule has 0 bridgehead atoms. The molecule has 0 aromatic heterocycles. The molecular weight excluding hydrogens is 538 g/mol. The van der Waals surface area contributed by atoms with Crippen LogP contribution in [0.3, 0.4) is 0 Å². The Morgan fingerprint density at radius 1 is 1.18 bits per heavy atom. The van der Waals surface area contributed by atoms with Crippen LogP contribution in [0.25, 0.3) is 0 Å². The van der Waals surface area contributed by atoms with E-state index in [9.17, 15) is 18.0 Å². The number of rotatable bonds is 12. The smallest absolute Gasteiger partial charge is 0.417 e. The van der Waals surface area contributed by atoms with Crippen molar-refractivity contribution in [2.75, 3.05) is 19.7 Å². The summed E-state index contributed by atoms with van der Waals surface area (Å²) in [6.45, 7) is 4.03. The zero-order valence-electron chi connectivity index (χ0n) is 21.1. The summed E-state index contributed by atoms with van der Waals surface area (Å²) >= 11 is 6.21. The maximum atomic E-state index is 13.4. The van der Waals surface area contributed by atoms with Gasteiger partial charge in [-0.1, -0.05) is 73.1 Å². The van der Waals surface area contributed by atoms with E-state index in [1.54, 1.807) is 18.2 Å². The summed E-state index contributed by atoms with van der Waals surface area (Å²) in [6.07, 6.45) is 3.85. The van der Waals surface area contributed by atoms with Gasteiger partial charge in [0.05, 0.1) is 17.2 Å². The van der Waals surface area contributed by atoms with Gasteiger partial charge in [0.15, 0.2) is 0 Å². The number of nitrogens with zero attached hydrogens (tertiary/aromatic N) is 1. The van der Waals surface area contributed by atoms with Gasteiger partial charge in [-0.3, -0.25) is 4.90 Å². The average Bonchev–Trinajstić information content (AvgIpc) is 2.85. The van der Waals surface area contributed by atoms with Gasteiger partial charge in [0.2, 0.25) is 0 Å². The van der Waals surface area contributed by atoms with Crippen LogP contribution in [0, 0.1) is 0 Å². The molecule has 2 aromatic carbocycles. The van der Waals surface area contributed by atoms with Crippen molar-refractivity contribution in [2.24, 2.45) is 0 Å². The van der Waals surface area contributed by atoms with Crippen molar-refractivity contribution < 1.29 is 27.8 Å². The minimum atomic E-state index is -4.52. The Labute approximate surface area is 232 Å². The molecule has 38 heavy (non-hydrogen) atoms. The van der Waals surface area contributed by atoms with Gasteiger partial charge in [-0.15, -0.1) is 12.4 Å². The fourth-order valence-corrected chi connectivity index (χ4v) is 4.64. The molecule has 2 aromatic rings. The summed E-state index contributed by atoms with van der Waals surface area (Å²) in [6, 6.07) is 14.1. The average molecular weight is 570 g/mol. The molecular formula is C29H32Cl2F3NO3. The first-order chi connectivity index (χ1) is 17.7. The Hall–Kier alpha value is -2.74. The van der Waals surface area contributed by atoms with Gasteiger partial charge in [0.1, 0.15) is 5.76 Å². The van der Waals surface area contributed by atoms with Crippen molar-refractivity contribution in [3.63, 3.8) is 0 Å². The van der Waals surface area contributed by atoms with Crippen LogP contribution < -0.4 is 0 Å². The van der Waals surface area contributed by atoms with Crippen molar-refractivity contribution in [3.8, 4) is 0 Å². The van der Waals surface area contributed by atoms with Crippen LogP contribution in [0.1, 0.15) is 48.8 Å². The minimum absolute atomic E-state index is 0. The van der Waals surface area contributed by atoms with Gasteiger partial charge in [-0.05, 0) is 47.6 Å². The van der Waals surface area contributed by atoms with E-state index >= 15 is 0 Å². The first-order valence-electron chi connectivity index (χ1n) is 12.2. The van der Waals surface area contributed by atoms with Crippen LogP contribution >= 0.6 is 24.0 Å². The lowest BCUT2D eigenvalue weighted by Gasteiger charge is -2.28. The fourth-order valence-electron chi connectivity index (χ4n) is 4.35. The molecule has 1 unspecified atom stereocenters. The molecule has 1 N–H and O–H groups in total. The molecule has 9 heteroatoms. The number of carboxylic acids is 1. The second-order valence-electron chi connectivity index (χ2n) is 8.96. The van der Waals surface area contributed by atoms with Crippen LogP contribution in [-0.2, 0) is 22.3 Å². The van der Waals surface area contributed by atoms with E-state index in [1.165, 1.54) is 11.6 Å². The third-order valence-corrected chi connectivity index (χ3v) is 6.65. The van der Waals surface area contributed by atoms with Crippen molar-refractivity contribution in [1.29, 1.82) is 0 Å². The Bertz CT molecular complexity index is 1150. The number of hydrogen-bond donors (Lipinski definition) is 1. The number of benzene rings is 2. The summed E-state index contributed by atoms with van der Waals surface area (Å²) in [4.78, 5) is 13.0. The first-order valence-corrected chi connectivity index (χ1v) is 12.6. The first kappa shape index (κ1) is 31.5. The van der Waals surface area contributed by atoms with Gasteiger partial charge in [0, 0.05) is 32.1 Å². The number of ether oxygens (including phenoxy) is 1. The Morgan fingerprint density at radius 2 is 1.92 bits per heavy atom. The molecule has 0 saturated heterocycles. The van der Waals surface area contributed by atoms with E-state index in [0.717, 1.165) is 18.6 Å². The molecule has 4 nitrogen and oxygen atoms in total. The number of hydrogen-bond acceptors (Lipinski definition) is 3. The molecule has 0 radical (unpaired) electrons. The minimum Gasteiger partial charge on any atom is -0.498 e. The van der Waals surface area contributed by atoms with E-state index in [4.69, 9.17) is 21.4 Å². The fraction of sp³-hybridized carbons (Fsp3) is 0.345. The van der Waals surface area contributed by atoms with Crippen LogP contribution in [0.5, 0.6) is 0 Å². The topological polar surface area (TPSA) is 49.8 Å². The Balaban J connectivity index is 0.00000507. The Kier molecular flexibility index (Phi) is 12.4. The highest BCUT2D eigenvalue weighted by Gasteiger charge is 2.34. The molecule has 3 rings (SSSR count). The molecule has 0 spiro atoms. The quantitative estimate of drug-likeness (QED) is 0.207. The molecule has 0 saturated carbocycles. The number of aliphatic carboxylic acids is 1. The van der Waals surface area contributed by atoms with Gasteiger partial charge >= 0.3 is 12.1 Å².